The minimum absolute atomic E-state index is 0.0352. The molecular weight excluding hydrogens is 584 g/mol. The predicted octanol–water partition coefficient (Wildman–Crippen LogP) is 4.86. The highest BCUT2D eigenvalue weighted by atomic mass is 127. The van der Waals surface area contributed by atoms with Gasteiger partial charge in [-0.3, -0.25) is 14.5 Å². The van der Waals surface area contributed by atoms with Gasteiger partial charge in [-0.05, 0) is 84.4 Å². The molecule has 7 nitrogen and oxygen atoms in total. The first-order valence-electron chi connectivity index (χ1n) is 11.5. The fraction of sp³-hybridized carbons (Fsp3) is 0.400. The highest BCUT2D eigenvalue weighted by molar-refractivity contribution is 14.1. The molecule has 184 valence electrons. The monoisotopic (exact) mass is 609 g/mol. The fourth-order valence-corrected chi connectivity index (χ4v) is 6.41. The topological polar surface area (TPSA) is 97.3 Å². The lowest BCUT2D eigenvalue weighted by Gasteiger charge is -2.25. The molecular formula is C25H26ClFIN5O2. The molecule has 2 saturated carbocycles. The summed E-state index contributed by atoms with van der Waals surface area (Å²) < 4.78 is 16.8. The summed E-state index contributed by atoms with van der Waals surface area (Å²) in [6, 6.07) is 7.03. The largest absolute Gasteiger partial charge is 0.385 e. The number of anilines is 2. The van der Waals surface area contributed by atoms with Crippen LogP contribution >= 0.6 is 34.2 Å². The number of hydrogen-bond acceptors (Lipinski definition) is 5. The van der Waals surface area contributed by atoms with Crippen molar-refractivity contribution in [1.29, 1.82) is 0 Å². The van der Waals surface area contributed by atoms with E-state index in [0.717, 1.165) is 22.6 Å². The van der Waals surface area contributed by atoms with Crippen LogP contribution in [-0.4, -0.2) is 32.8 Å². The van der Waals surface area contributed by atoms with Crippen LogP contribution in [-0.2, 0) is 12.6 Å². The number of fused-ring (bicyclic) bond motifs is 1. The van der Waals surface area contributed by atoms with Crippen molar-refractivity contribution >= 4 is 51.6 Å². The van der Waals surface area contributed by atoms with Crippen LogP contribution in [0.5, 0.6) is 0 Å². The highest BCUT2D eigenvalue weighted by Gasteiger charge is 2.51. The predicted molar refractivity (Wildman–Crippen MR) is 141 cm³/mol. The number of aryl methyl sites for hydroxylation is 1. The molecule has 0 bridgehead atoms. The third-order valence-corrected chi connectivity index (χ3v) is 9.20. The molecule has 0 saturated heterocycles. The van der Waals surface area contributed by atoms with E-state index in [0.29, 0.717) is 46.2 Å². The van der Waals surface area contributed by atoms with Gasteiger partial charge in [0, 0.05) is 41.0 Å². The van der Waals surface area contributed by atoms with Crippen LogP contribution in [0, 0.1) is 21.2 Å². The number of pyridine rings is 1. The molecule has 2 aliphatic carbocycles. The Morgan fingerprint density at radius 3 is 2.63 bits per heavy atom. The van der Waals surface area contributed by atoms with Gasteiger partial charge in [-0.2, -0.15) is 5.10 Å². The van der Waals surface area contributed by atoms with Gasteiger partial charge >= 0.3 is 0 Å². The van der Waals surface area contributed by atoms with Crippen molar-refractivity contribution in [1.82, 2.24) is 14.8 Å². The number of carbonyl (C=O) groups excluding carboxylic acids is 1. The first-order valence-corrected chi connectivity index (χ1v) is 12.9. The summed E-state index contributed by atoms with van der Waals surface area (Å²) in [4.78, 5) is 18.9. The lowest BCUT2D eigenvalue weighted by molar-refractivity contribution is 0.0308. The van der Waals surface area contributed by atoms with E-state index < -0.39 is 11.4 Å². The molecule has 3 N–H and O–H groups in total. The third kappa shape index (κ3) is 4.21. The van der Waals surface area contributed by atoms with Gasteiger partial charge in [-0.1, -0.05) is 11.6 Å². The number of amides is 1. The highest BCUT2D eigenvalue weighted by Crippen LogP contribution is 2.57. The number of aliphatic hydroxyl groups is 1. The average molecular weight is 610 g/mol. The number of hydrogen-bond donors (Lipinski definition) is 2. The van der Waals surface area contributed by atoms with Crippen molar-refractivity contribution in [3.63, 3.8) is 0 Å². The van der Waals surface area contributed by atoms with Crippen molar-refractivity contribution < 1.29 is 14.3 Å². The van der Waals surface area contributed by atoms with Crippen LogP contribution in [0.15, 0.2) is 36.7 Å². The Labute approximate surface area is 221 Å². The summed E-state index contributed by atoms with van der Waals surface area (Å²) in [7, 11) is 3.43. The van der Waals surface area contributed by atoms with Gasteiger partial charge in [-0.25, -0.2) is 4.39 Å². The van der Waals surface area contributed by atoms with Crippen LogP contribution in [0.25, 0.3) is 0 Å². The quantitative estimate of drug-likeness (QED) is 0.412. The maximum atomic E-state index is 14.4. The Balaban J connectivity index is 1.39. The number of rotatable bonds is 4. The van der Waals surface area contributed by atoms with Gasteiger partial charge in [0.05, 0.1) is 22.5 Å². The van der Waals surface area contributed by atoms with Gasteiger partial charge in [0.25, 0.3) is 5.91 Å². The molecule has 1 aromatic carbocycles. The number of nitrogens with two attached hydrogens (primary N) is 1. The van der Waals surface area contributed by atoms with Crippen LogP contribution in [0.2, 0.25) is 5.02 Å². The first-order chi connectivity index (χ1) is 16.6. The number of carbonyl (C=O) groups is 1. The van der Waals surface area contributed by atoms with Crippen molar-refractivity contribution in [2.75, 3.05) is 17.7 Å². The minimum atomic E-state index is -1.20. The third-order valence-electron chi connectivity index (χ3n) is 7.63. The molecule has 2 fully saturated rings. The summed E-state index contributed by atoms with van der Waals surface area (Å²) >= 11 is 8.42. The number of nitrogen functional groups attached to an aromatic ring is 1. The molecule has 2 atom stereocenters. The second-order valence-corrected chi connectivity index (χ2v) is 11.3. The Hall–Kier alpha value is -2.24. The summed E-state index contributed by atoms with van der Waals surface area (Å²) in [5.74, 6) is 0.0489. The van der Waals surface area contributed by atoms with Crippen molar-refractivity contribution in [3.8, 4) is 0 Å². The van der Waals surface area contributed by atoms with Gasteiger partial charge in [0.1, 0.15) is 17.2 Å². The van der Waals surface area contributed by atoms with E-state index in [9.17, 15) is 14.3 Å². The summed E-state index contributed by atoms with van der Waals surface area (Å²) in [5.41, 5.74) is 7.21. The molecule has 0 spiro atoms. The fourth-order valence-electron chi connectivity index (χ4n) is 5.90. The molecule has 1 amide bonds. The number of nitrogens with zero attached hydrogens (tertiary/aromatic N) is 4. The van der Waals surface area contributed by atoms with Gasteiger partial charge < -0.3 is 15.7 Å². The molecule has 2 unspecified atom stereocenters. The Bertz CT molecular complexity index is 1300. The Morgan fingerprint density at radius 2 is 2.00 bits per heavy atom. The zero-order valence-electron chi connectivity index (χ0n) is 19.4. The van der Waals surface area contributed by atoms with Crippen LogP contribution in [0.1, 0.15) is 53.2 Å². The van der Waals surface area contributed by atoms with Crippen LogP contribution in [0.3, 0.4) is 0 Å². The molecule has 0 radical (unpaired) electrons. The number of benzene rings is 1. The molecule has 2 aromatic heterocycles. The normalized spacial score (nSPS) is 25.6. The van der Waals surface area contributed by atoms with Gasteiger partial charge in [0.2, 0.25) is 0 Å². The molecule has 35 heavy (non-hydrogen) atoms. The molecule has 3 aromatic rings. The van der Waals surface area contributed by atoms with E-state index in [1.165, 1.54) is 6.20 Å². The summed E-state index contributed by atoms with van der Waals surface area (Å²) in [6.45, 7) is 0. The zero-order chi connectivity index (χ0) is 25.1. The maximum Gasteiger partial charge on any atom is 0.263 e. The Kier molecular flexibility index (Phi) is 6.29. The van der Waals surface area contributed by atoms with E-state index in [2.05, 4.69) is 32.7 Å². The lowest BCUT2D eigenvalue weighted by atomic mass is 9.87. The minimum Gasteiger partial charge on any atom is -0.385 e. The summed E-state index contributed by atoms with van der Waals surface area (Å²) in [5, 5.41) is 16.5. The average Bonchev–Trinajstić information content (AvgIpc) is 3.44. The second-order valence-electron chi connectivity index (χ2n) is 9.72. The summed E-state index contributed by atoms with van der Waals surface area (Å²) in [6.07, 6.45) is 5.13. The first kappa shape index (κ1) is 24.5. The van der Waals surface area contributed by atoms with E-state index >= 15 is 0 Å². The SMILES string of the molecule is CN(C(=O)c1c(C2CC3CC(O)(c4ccncc4F)CC3C2)nn(C)c1N)c1ccc(I)c(Cl)c1. The van der Waals surface area contributed by atoms with Crippen molar-refractivity contribution in [2.24, 2.45) is 18.9 Å². The van der Waals surface area contributed by atoms with E-state index in [-0.39, 0.29) is 23.7 Å². The van der Waals surface area contributed by atoms with Crippen molar-refractivity contribution in [2.45, 2.75) is 37.2 Å². The molecule has 0 aliphatic heterocycles. The van der Waals surface area contributed by atoms with E-state index in [1.807, 2.05) is 12.1 Å². The zero-order valence-corrected chi connectivity index (χ0v) is 22.3. The van der Waals surface area contributed by atoms with E-state index in [1.54, 1.807) is 35.8 Å². The Morgan fingerprint density at radius 1 is 1.31 bits per heavy atom. The molecule has 10 heteroatoms. The molecule has 2 heterocycles. The number of halogens is 3. The lowest BCUT2D eigenvalue weighted by Crippen LogP contribution is -2.28. The molecule has 2 aliphatic rings. The standard InChI is InChI=1S/C25H26ClFIN5O2/c1-32(16-3-4-20(28)18(26)9-16)24(34)21-22(31-33(2)23(21)29)13-7-14-10-25(35,11-15(14)8-13)17-5-6-30-12-19(17)27/h3-6,9,12-15,35H,7-8,10-11,29H2,1-2H3. The van der Waals surface area contributed by atoms with Gasteiger partial charge in [-0.15, -0.1) is 0 Å². The smallest absolute Gasteiger partial charge is 0.263 e. The van der Waals surface area contributed by atoms with Crippen molar-refractivity contribution in [3.05, 3.63) is 67.9 Å². The van der Waals surface area contributed by atoms with Gasteiger partial charge in [0.15, 0.2) is 0 Å². The molecule has 5 rings (SSSR count). The van der Waals surface area contributed by atoms with E-state index in [4.69, 9.17) is 17.3 Å². The second kappa shape index (κ2) is 9.01. The van der Waals surface area contributed by atoms with Crippen LogP contribution < -0.4 is 10.6 Å². The van der Waals surface area contributed by atoms with Crippen LogP contribution in [0.4, 0.5) is 15.9 Å². The maximum absolute atomic E-state index is 14.4. The number of aromatic nitrogens is 3.